The minimum absolute atomic E-state index is 0.00371. The van der Waals surface area contributed by atoms with E-state index in [0.717, 1.165) is 6.07 Å². The predicted molar refractivity (Wildman–Crippen MR) is 74.1 cm³/mol. The molecule has 1 aromatic heterocycles. The first-order chi connectivity index (χ1) is 8.99. The number of hydrogen-bond donors (Lipinski definition) is 1. The molecule has 0 amide bonds. The molecule has 100 valence electrons. The van der Waals surface area contributed by atoms with Crippen molar-refractivity contribution in [2.75, 3.05) is 0 Å². The van der Waals surface area contributed by atoms with Crippen LogP contribution in [0.25, 0.3) is 0 Å². The molecule has 0 spiro atoms. The Morgan fingerprint density at radius 2 is 2.21 bits per heavy atom. The molecule has 0 aliphatic carbocycles. The van der Waals surface area contributed by atoms with Gasteiger partial charge in [-0.25, -0.2) is 9.37 Å². The van der Waals surface area contributed by atoms with Gasteiger partial charge in [0.15, 0.2) is 0 Å². The van der Waals surface area contributed by atoms with Crippen LogP contribution < -0.4 is 4.74 Å². The molecular weight excluding hydrogens is 337 g/mol. The van der Waals surface area contributed by atoms with Crippen molar-refractivity contribution in [2.45, 2.75) is 13.0 Å². The van der Waals surface area contributed by atoms with Crippen molar-refractivity contribution in [3.63, 3.8) is 0 Å². The number of aliphatic hydroxyl groups is 1. The van der Waals surface area contributed by atoms with E-state index in [-0.39, 0.29) is 16.7 Å². The molecule has 2 aromatic rings. The molecule has 1 N–H and O–H groups in total. The van der Waals surface area contributed by atoms with Crippen molar-refractivity contribution < 1.29 is 14.2 Å². The lowest BCUT2D eigenvalue weighted by Crippen LogP contribution is -1.98. The largest absolute Gasteiger partial charge is 0.437 e. The number of ether oxygens (including phenoxy) is 1. The Balaban J connectivity index is 2.39. The van der Waals surface area contributed by atoms with Crippen molar-refractivity contribution in [1.29, 1.82) is 0 Å². The van der Waals surface area contributed by atoms with E-state index in [1.165, 1.54) is 12.3 Å². The van der Waals surface area contributed by atoms with Gasteiger partial charge in [-0.2, -0.15) is 0 Å². The fourth-order valence-corrected chi connectivity index (χ4v) is 2.21. The Morgan fingerprint density at radius 3 is 2.89 bits per heavy atom. The highest BCUT2D eigenvalue weighted by atomic mass is 79.9. The number of aromatic nitrogens is 1. The number of halogens is 3. The molecule has 6 heteroatoms. The van der Waals surface area contributed by atoms with E-state index in [9.17, 15) is 9.50 Å². The Kier molecular flexibility index (Phi) is 4.39. The van der Waals surface area contributed by atoms with E-state index in [1.54, 1.807) is 19.1 Å². The van der Waals surface area contributed by atoms with E-state index in [4.69, 9.17) is 16.3 Å². The van der Waals surface area contributed by atoms with E-state index < -0.39 is 11.9 Å². The topological polar surface area (TPSA) is 42.4 Å². The molecule has 19 heavy (non-hydrogen) atoms. The van der Waals surface area contributed by atoms with E-state index in [0.29, 0.717) is 10.0 Å². The van der Waals surface area contributed by atoms with Crippen LogP contribution in [0.15, 0.2) is 34.9 Å². The number of pyridine rings is 1. The van der Waals surface area contributed by atoms with Crippen LogP contribution in [0, 0.1) is 5.82 Å². The van der Waals surface area contributed by atoms with Crippen molar-refractivity contribution in [2.24, 2.45) is 0 Å². The summed E-state index contributed by atoms with van der Waals surface area (Å²) in [5.74, 6) is -0.128. The van der Waals surface area contributed by atoms with Gasteiger partial charge < -0.3 is 9.84 Å². The third-order valence-corrected chi connectivity index (χ3v) is 3.34. The molecule has 1 heterocycles. The molecule has 0 aliphatic heterocycles. The molecule has 2 rings (SSSR count). The average molecular weight is 347 g/mol. The fourth-order valence-electron chi connectivity index (χ4n) is 1.49. The van der Waals surface area contributed by atoms with Gasteiger partial charge >= 0.3 is 0 Å². The Labute approximate surface area is 123 Å². The average Bonchev–Trinajstić information content (AvgIpc) is 2.36. The highest BCUT2D eigenvalue weighted by Crippen LogP contribution is 2.35. The van der Waals surface area contributed by atoms with Gasteiger partial charge in [0, 0.05) is 17.8 Å². The van der Waals surface area contributed by atoms with E-state index >= 15 is 0 Å². The molecule has 0 bridgehead atoms. The van der Waals surface area contributed by atoms with Crippen molar-refractivity contribution in [3.8, 4) is 11.6 Å². The van der Waals surface area contributed by atoms with Gasteiger partial charge in [0.05, 0.1) is 15.6 Å². The first-order valence-corrected chi connectivity index (χ1v) is 6.61. The third kappa shape index (κ3) is 3.23. The molecule has 0 aliphatic rings. The molecule has 0 saturated carbocycles. The van der Waals surface area contributed by atoms with Gasteiger partial charge in [0.25, 0.3) is 0 Å². The maximum absolute atomic E-state index is 13.4. The summed E-state index contributed by atoms with van der Waals surface area (Å²) in [5.41, 5.74) is 0.518. The van der Waals surface area contributed by atoms with Gasteiger partial charge in [-0.05, 0) is 41.1 Å². The van der Waals surface area contributed by atoms with Gasteiger partial charge in [-0.1, -0.05) is 11.6 Å². The zero-order valence-electron chi connectivity index (χ0n) is 9.90. The number of nitrogens with zero attached hydrogens (tertiary/aromatic N) is 1. The fraction of sp³-hybridized carbons (Fsp3) is 0.154. The quantitative estimate of drug-likeness (QED) is 0.833. The van der Waals surface area contributed by atoms with Crippen LogP contribution in [0.5, 0.6) is 11.6 Å². The number of hydrogen-bond acceptors (Lipinski definition) is 3. The molecular formula is C13H10BrClFNO2. The van der Waals surface area contributed by atoms with Crippen LogP contribution in [-0.2, 0) is 0 Å². The summed E-state index contributed by atoms with van der Waals surface area (Å²) in [6, 6.07) is 5.93. The van der Waals surface area contributed by atoms with Crippen LogP contribution in [0.4, 0.5) is 4.39 Å². The summed E-state index contributed by atoms with van der Waals surface area (Å²) < 4.78 is 19.4. The minimum Gasteiger partial charge on any atom is -0.437 e. The standard InChI is InChI=1S/C13H10BrClFNO2/c1-7(18)8-3-2-4-17-13(8)19-12-6-11(16)10(15)5-9(12)14/h2-7,18H,1H3. The summed E-state index contributed by atoms with van der Waals surface area (Å²) in [6.45, 7) is 1.60. The van der Waals surface area contributed by atoms with Gasteiger partial charge in [-0.3, -0.25) is 0 Å². The van der Waals surface area contributed by atoms with Crippen LogP contribution in [0.2, 0.25) is 5.02 Å². The minimum atomic E-state index is -0.736. The summed E-state index contributed by atoms with van der Waals surface area (Å²) in [5, 5.41) is 9.62. The molecule has 0 fully saturated rings. The maximum Gasteiger partial charge on any atom is 0.225 e. The molecule has 0 saturated heterocycles. The zero-order chi connectivity index (χ0) is 14.0. The van der Waals surface area contributed by atoms with E-state index in [1.807, 2.05) is 0 Å². The number of benzene rings is 1. The smallest absolute Gasteiger partial charge is 0.225 e. The lowest BCUT2D eigenvalue weighted by molar-refractivity contribution is 0.194. The van der Waals surface area contributed by atoms with Gasteiger partial charge in [0.1, 0.15) is 11.6 Å². The van der Waals surface area contributed by atoms with Crippen LogP contribution in [0.3, 0.4) is 0 Å². The first-order valence-electron chi connectivity index (χ1n) is 5.44. The lowest BCUT2D eigenvalue weighted by Gasteiger charge is -2.13. The lowest BCUT2D eigenvalue weighted by atomic mass is 10.2. The summed E-state index contributed by atoms with van der Waals surface area (Å²) in [6.07, 6.45) is 0.793. The van der Waals surface area contributed by atoms with Crippen LogP contribution >= 0.6 is 27.5 Å². The normalized spacial score (nSPS) is 12.3. The summed E-state index contributed by atoms with van der Waals surface area (Å²) >= 11 is 8.89. The van der Waals surface area contributed by atoms with Crippen molar-refractivity contribution in [1.82, 2.24) is 4.98 Å². The van der Waals surface area contributed by atoms with Gasteiger partial charge in [0.2, 0.25) is 5.88 Å². The highest BCUT2D eigenvalue weighted by molar-refractivity contribution is 9.10. The maximum atomic E-state index is 13.4. The second-order valence-electron chi connectivity index (χ2n) is 3.87. The molecule has 1 unspecified atom stereocenters. The molecule has 1 atom stereocenters. The SMILES string of the molecule is CC(O)c1cccnc1Oc1cc(F)c(Cl)cc1Br. The number of aliphatic hydroxyl groups excluding tert-OH is 1. The predicted octanol–water partition coefficient (Wildman–Crippen LogP) is 4.48. The van der Waals surface area contributed by atoms with Crippen LogP contribution in [0.1, 0.15) is 18.6 Å². The molecule has 0 radical (unpaired) electrons. The van der Waals surface area contributed by atoms with Crippen molar-refractivity contribution >= 4 is 27.5 Å². The monoisotopic (exact) mass is 345 g/mol. The van der Waals surface area contributed by atoms with Crippen LogP contribution in [-0.4, -0.2) is 10.1 Å². The second kappa shape index (κ2) is 5.86. The van der Waals surface area contributed by atoms with Crippen molar-refractivity contribution in [3.05, 3.63) is 51.3 Å². The first kappa shape index (κ1) is 14.2. The molecule has 3 nitrogen and oxygen atoms in total. The molecule has 1 aromatic carbocycles. The Morgan fingerprint density at radius 1 is 1.47 bits per heavy atom. The summed E-state index contributed by atoms with van der Waals surface area (Å²) in [4.78, 5) is 4.03. The summed E-state index contributed by atoms with van der Waals surface area (Å²) in [7, 11) is 0. The number of rotatable bonds is 3. The zero-order valence-corrected chi connectivity index (χ0v) is 12.2. The Hall–Kier alpha value is -1.17. The Bertz CT molecular complexity index is 607. The third-order valence-electron chi connectivity index (χ3n) is 2.43. The second-order valence-corrected chi connectivity index (χ2v) is 5.13. The van der Waals surface area contributed by atoms with Gasteiger partial charge in [-0.15, -0.1) is 0 Å². The highest BCUT2D eigenvalue weighted by Gasteiger charge is 2.14. The van der Waals surface area contributed by atoms with E-state index in [2.05, 4.69) is 20.9 Å².